The van der Waals surface area contributed by atoms with Crippen LogP contribution in [-0.2, 0) is 0 Å². The highest BCUT2D eigenvalue weighted by molar-refractivity contribution is 7.73. The van der Waals surface area contributed by atoms with Crippen LogP contribution in [0.4, 0.5) is 0 Å². The van der Waals surface area contributed by atoms with Crippen molar-refractivity contribution in [3.8, 4) is 10.6 Å². The topological polar surface area (TPSA) is 44.9 Å². The van der Waals surface area contributed by atoms with E-state index >= 15 is 0 Å². The lowest BCUT2D eigenvalue weighted by atomic mass is 10.3. The largest absolute Gasteiger partial charge is 0.354 e. The molecule has 0 aliphatic carbocycles. The molecule has 0 bridgehead atoms. The molecule has 0 fully saturated rings. The molecule has 0 atom stereocenters. The monoisotopic (exact) mass is 256 g/mol. The van der Waals surface area contributed by atoms with Gasteiger partial charge in [0.1, 0.15) is 0 Å². The van der Waals surface area contributed by atoms with E-state index in [-0.39, 0.29) is 5.91 Å². The van der Waals surface area contributed by atoms with Crippen LogP contribution in [0.2, 0.25) is 0 Å². The maximum Gasteiger partial charge on any atom is 0.261 e. The van der Waals surface area contributed by atoms with Crippen LogP contribution in [0.1, 0.15) is 9.67 Å². The molecular weight excluding hydrogens is 248 g/mol. The number of rotatable bonds is 2. The van der Waals surface area contributed by atoms with Crippen LogP contribution in [0.3, 0.4) is 0 Å². The molecule has 2 N–H and O–H groups in total. The number of aromatic amines is 1. The van der Waals surface area contributed by atoms with Crippen molar-refractivity contribution in [1.82, 2.24) is 10.3 Å². The van der Waals surface area contributed by atoms with Crippen molar-refractivity contribution in [2.75, 3.05) is 7.05 Å². The Hall–Kier alpha value is -0.980. The zero-order valence-electron chi connectivity index (χ0n) is 7.87. The molecule has 2 aromatic heterocycles. The standard InChI is InChI=1S/C9H8N2OS3/c1-10-8(12)7-3-2-6(15-7)5-4-14-9(13)11-5/h2-4H,1H3,(H,10,12)(H,11,13). The minimum Gasteiger partial charge on any atom is -0.354 e. The summed E-state index contributed by atoms with van der Waals surface area (Å²) in [5.41, 5.74) is 0.977. The Bertz CT molecular complexity index is 537. The van der Waals surface area contributed by atoms with Gasteiger partial charge < -0.3 is 10.3 Å². The number of carbonyl (C=O) groups is 1. The van der Waals surface area contributed by atoms with Gasteiger partial charge in [-0.25, -0.2) is 0 Å². The third-order valence-electron chi connectivity index (χ3n) is 1.84. The Morgan fingerprint density at radius 3 is 2.93 bits per heavy atom. The molecule has 2 heterocycles. The van der Waals surface area contributed by atoms with Crippen molar-refractivity contribution in [2.24, 2.45) is 0 Å². The van der Waals surface area contributed by atoms with E-state index in [0.717, 1.165) is 14.5 Å². The molecule has 78 valence electrons. The van der Waals surface area contributed by atoms with Crippen molar-refractivity contribution in [3.05, 3.63) is 26.3 Å². The summed E-state index contributed by atoms with van der Waals surface area (Å²) in [5.74, 6) is -0.0555. The summed E-state index contributed by atoms with van der Waals surface area (Å²) >= 11 is 7.94. The number of H-pyrrole nitrogens is 1. The summed E-state index contributed by atoms with van der Waals surface area (Å²) in [4.78, 5) is 16.1. The van der Waals surface area contributed by atoms with Crippen LogP contribution in [0.15, 0.2) is 17.5 Å². The van der Waals surface area contributed by atoms with Crippen LogP contribution >= 0.6 is 34.9 Å². The van der Waals surface area contributed by atoms with Gasteiger partial charge in [-0.1, -0.05) is 0 Å². The van der Waals surface area contributed by atoms with Crippen LogP contribution in [0.25, 0.3) is 10.6 Å². The van der Waals surface area contributed by atoms with E-state index in [1.807, 2.05) is 17.5 Å². The lowest BCUT2D eigenvalue weighted by Gasteiger charge is -1.92. The van der Waals surface area contributed by atoms with Gasteiger partial charge in [-0.15, -0.1) is 22.7 Å². The normalized spacial score (nSPS) is 10.2. The van der Waals surface area contributed by atoms with Crippen molar-refractivity contribution in [3.63, 3.8) is 0 Å². The number of amides is 1. The van der Waals surface area contributed by atoms with Gasteiger partial charge in [0.05, 0.1) is 15.4 Å². The van der Waals surface area contributed by atoms with E-state index in [0.29, 0.717) is 4.88 Å². The van der Waals surface area contributed by atoms with E-state index in [4.69, 9.17) is 12.2 Å². The van der Waals surface area contributed by atoms with Crippen molar-refractivity contribution in [1.29, 1.82) is 0 Å². The summed E-state index contributed by atoms with van der Waals surface area (Å²) in [5, 5.41) is 4.55. The minimum atomic E-state index is -0.0555. The van der Waals surface area contributed by atoms with Gasteiger partial charge >= 0.3 is 0 Å². The number of carbonyl (C=O) groups excluding carboxylic acids is 1. The van der Waals surface area contributed by atoms with E-state index in [2.05, 4.69) is 10.3 Å². The third kappa shape index (κ3) is 2.17. The molecule has 1 amide bonds. The molecule has 2 rings (SSSR count). The second kappa shape index (κ2) is 4.26. The fourth-order valence-electron chi connectivity index (χ4n) is 1.13. The van der Waals surface area contributed by atoms with Crippen molar-refractivity contribution in [2.45, 2.75) is 0 Å². The summed E-state index contributed by atoms with van der Waals surface area (Å²) in [6, 6.07) is 3.73. The maximum absolute atomic E-state index is 11.3. The second-order valence-electron chi connectivity index (χ2n) is 2.80. The number of hydrogen-bond donors (Lipinski definition) is 2. The van der Waals surface area contributed by atoms with Gasteiger partial charge in [-0.05, 0) is 24.4 Å². The highest BCUT2D eigenvalue weighted by Gasteiger charge is 2.08. The molecule has 15 heavy (non-hydrogen) atoms. The molecule has 0 spiro atoms. The predicted octanol–water partition coefficient (Wildman–Crippen LogP) is 2.89. The number of nitrogens with one attached hydrogen (secondary N) is 2. The number of aromatic nitrogens is 1. The maximum atomic E-state index is 11.3. The Morgan fingerprint density at radius 1 is 1.53 bits per heavy atom. The molecule has 0 radical (unpaired) electrons. The van der Waals surface area contributed by atoms with Gasteiger partial charge in [0.25, 0.3) is 5.91 Å². The quantitative estimate of drug-likeness (QED) is 0.812. The first-order chi connectivity index (χ1) is 7.20. The molecule has 3 nitrogen and oxygen atoms in total. The van der Waals surface area contributed by atoms with Crippen LogP contribution in [-0.4, -0.2) is 17.9 Å². The number of thiazole rings is 1. The summed E-state index contributed by atoms with van der Waals surface area (Å²) < 4.78 is 0.750. The zero-order chi connectivity index (χ0) is 10.8. The molecule has 0 saturated heterocycles. The Morgan fingerprint density at radius 2 is 2.33 bits per heavy atom. The average Bonchev–Trinajstić information content (AvgIpc) is 2.84. The number of hydrogen-bond acceptors (Lipinski definition) is 4. The highest BCUT2D eigenvalue weighted by atomic mass is 32.1. The smallest absolute Gasteiger partial charge is 0.261 e. The molecule has 0 unspecified atom stereocenters. The lowest BCUT2D eigenvalue weighted by Crippen LogP contribution is -2.15. The summed E-state index contributed by atoms with van der Waals surface area (Å²) in [6.45, 7) is 0. The first-order valence-corrected chi connectivity index (χ1v) is 6.31. The SMILES string of the molecule is CNC(=O)c1ccc(-c2csc(=S)[nH]2)s1. The van der Waals surface area contributed by atoms with Gasteiger partial charge in [0, 0.05) is 12.4 Å². The van der Waals surface area contributed by atoms with E-state index < -0.39 is 0 Å². The van der Waals surface area contributed by atoms with Gasteiger partial charge in [-0.3, -0.25) is 4.79 Å². The van der Waals surface area contributed by atoms with E-state index in [1.165, 1.54) is 22.7 Å². The highest BCUT2D eigenvalue weighted by Crippen LogP contribution is 2.28. The second-order valence-corrected chi connectivity index (χ2v) is 5.43. The number of thiophene rings is 1. The Kier molecular flexibility index (Phi) is 2.99. The zero-order valence-corrected chi connectivity index (χ0v) is 10.3. The van der Waals surface area contributed by atoms with Gasteiger partial charge in [-0.2, -0.15) is 0 Å². The Labute approximate surface area is 99.8 Å². The van der Waals surface area contributed by atoms with E-state index in [1.54, 1.807) is 7.05 Å². The van der Waals surface area contributed by atoms with Crippen LogP contribution < -0.4 is 5.32 Å². The van der Waals surface area contributed by atoms with Crippen molar-refractivity contribution < 1.29 is 4.79 Å². The Balaban J connectivity index is 2.35. The molecule has 0 aromatic carbocycles. The lowest BCUT2D eigenvalue weighted by molar-refractivity contribution is 0.0967. The predicted molar refractivity (Wildman–Crippen MR) is 66.2 cm³/mol. The van der Waals surface area contributed by atoms with Gasteiger partial charge in [0.2, 0.25) is 0 Å². The summed E-state index contributed by atoms with van der Waals surface area (Å²) in [7, 11) is 1.62. The van der Waals surface area contributed by atoms with E-state index in [9.17, 15) is 4.79 Å². The fraction of sp³-hybridized carbons (Fsp3) is 0.111. The molecule has 2 aromatic rings. The first kappa shape index (κ1) is 10.5. The molecule has 6 heteroatoms. The minimum absolute atomic E-state index is 0.0555. The first-order valence-electron chi connectivity index (χ1n) is 4.21. The van der Waals surface area contributed by atoms with Crippen molar-refractivity contribution >= 4 is 40.8 Å². The van der Waals surface area contributed by atoms with Crippen LogP contribution in [0, 0.1) is 3.95 Å². The van der Waals surface area contributed by atoms with Crippen LogP contribution in [0.5, 0.6) is 0 Å². The van der Waals surface area contributed by atoms with Gasteiger partial charge in [0.15, 0.2) is 3.95 Å². The average molecular weight is 256 g/mol. The molecular formula is C9H8N2OS3. The third-order valence-corrected chi connectivity index (χ3v) is 4.02. The fourth-order valence-corrected chi connectivity index (χ4v) is 2.96. The molecule has 0 saturated carbocycles. The molecule has 0 aliphatic heterocycles. The molecule has 0 aliphatic rings. The summed E-state index contributed by atoms with van der Waals surface area (Å²) in [6.07, 6.45) is 0.